The predicted molar refractivity (Wildman–Crippen MR) is 70.4 cm³/mol. The number of nitrogens with one attached hydrogen (secondary N) is 1. The second-order valence-electron chi connectivity index (χ2n) is 5.08. The van der Waals surface area contributed by atoms with Gasteiger partial charge in [0.25, 0.3) is 5.91 Å². The number of imide groups is 1. The van der Waals surface area contributed by atoms with Crippen molar-refractivity contribution in [2.45, 2.75) is 45.7 Å². The zero-order chi connectivity index (χ0) is 14.2. The van der Waals surface area contributed by atoms with Crippen LogP contribution in [0.15, 0.2) is 6.07 Å². The summed E-state index contributed by atoms with van der Waals surface area (Å²) < 4.78 is 1.77. The lowest BCUT2D eigenvalue weighted by atomic mass is 9.97. The van der Waals surface area contributed by atoms with Gasteiger partial charge in [-0.15, -0.1) is 0 Å². The Morgan fingerprint density at radius 2 is 2.05 bits per heavy atom. The van der Waals surface area contributed by atoms with Crippen LogP contribution in [-0.2, 0) is 24.8 Å². The molecule has 2 rings (SSSR count). The monoisotopic (exact) mass is 264 g/mol. The van der Waals surface area contributed by atoms with Crippen LogP contribution < -0.4 is 5.32 Å². The molecule has 1 N–H and O–H groups in total. The molecule has 1 aromatic heterocycles. The molecule has 1 unspecified atom stereocenters. The van der Waals surface area contributed by atoms with E-state index in [9.17, 15) is 9.59 Å². The Morgan fingerprint density at radius 1 is 1.37 bits per heavy atom. The first-order valence-electron chi connectivity index (χ1n) is 6.57. The van der Waals surface area contributed by atoms with Gasteiger partial charge in [-0.1, -0.05) is 13.8 Å². The van der Waals surface area contributed by atoms with Crippen molar-refractivity contribution in [2.24, 2.45) is 7.05 Å². The van der Waals surface area contributed by atoms with Crippen molar-refractivity contribution in [1.29, 1.82) is 0 Å². The van der Waals surface area contributed by atoms with Crippen LogP contribution >= 0.6 is 0 Å². The zero-order valence-electron chi connectivity index (χ0n) is 11.9. The van der Waals surface area contributed by atoms with E-state index >= 15 is 0 Å². The molecule has 1 aliphatic rings. The van der Waals surface area contributed by atoms with E-state index in [1.165, 1.54) is 0 Å². The molecular formula is C13H20N4O2. The van der Waals surface area contributed by atoms with Crippen LogP contribution in [0.1, 0.15) is 38.6 Å². The molecular weight excluding hydrogens is 244 g/mol. The Balaban J connectivity index is 2.28. The Bertz CT molecular complexity index is 523. The van der Waals surface area contributed by atoms with Crippen LogP contribution in [-0.4, -0.2) is 32.2 Å². The Hall–Kier alpha value is -1.85. The van der Waals surface area contributed by atoms with Crippen molar-refractivity contribution in [3.63, 3.8) is 0 Å². The van der Waals surface area contributed by atoms with E-state index in [2.05, 4.69) is 10.4 Å². The van der Waals surface area contributed by atoms with E-state index in [0.29, 0.717) is 13.0 Å². The molecule has 3 amide bonds. The molecule has 1 atom stereocenters. The van der Waals surface area contributed by atoms with E-state index in [4.69, 9.17) is 0 Å². The van der Waals surface area contributed by atoms with Gasteiger partial charge in [0.15, 0.2) is 0 Å². The molecule has 2 heterocycles. The van der Waals surface area contributed by atoms with Gasteiger partial charge < -0.3 is 4.90 Å². The van der Waals surface area contributed by atoms with E-state index < -0.39 is 5.54 Å². The van der Waals surface area contributed by atoms with Crippen LogP contribution in [0, 0.1) is 0 Å². The zero-order valence-corrected chi connectivity index (χ0v) is 11.9. The van der Waals surface area contributed by atoms with Gasteiger partial charge in [-0.2, -0.15) is 5.10 Å². The molecule has 0 saturated carbocycles. The number of urea groups is 1. The number of hydrogen-bond acceptors (Lipinski definition) is 3. The van der Waals surface area contributed by atoms with Crippen molar-refractivity contribution in [1.82, 2.24) is 20.0 Å². The van der Waals surface area contributed by atoms with Crippen LogP contribution in [0.4, 0.5) is 4.79 Å². The summed E-state index contributed by atoms with van der Waals surface area (Å²) in [7, 11) is 1.85. The molecule has 1 aliphatic heterocycles. The quantitative estimate of drug-likeness (QED) is 0.831. The number of rotatable bonds is 4. The fraction of sp³-hybridized carbons (Fsp3) is 0.615. The van der Waals surface area contributed by atoms with Gasteiger partial charge in [0.1, 0.15) is 5.54 Å². The summed E-state index contributed by atoms with van der Waals surface area (Å²) in [5.74, 6) is -0.224. The minimum Gasteiger partial charge on any atom is -0.304 e. The summed E-state index contributed by atoms with van der Waals surface area (Å²) in [5.41, 5.74) is 1.15. The van der Waals surface area contributed by atoms with Crippen molar-refractivity contribution < 1.29 is 9.59 Å². The topological polar surface area (TPSA) is 67.2 Å². The number of carbonyl (C=O) groups excluding carboxylic acids is 2. The van der Waals surface area contributed by atoms with Crippen LogP contribution in [0.3, 0.4) is 0 Å². The molecule has 0 spiro atoms. The maximum Gasteiger partial charge on any atom is 0.325 e. The first-order chi connectivity index (χ1) is 8.92. The predicted octanol–water partition coefficient (Wildman–Crippen LogP) is 1.20. The molecule has 0 radical (unpaired) electrons. The highest BCUT2D eigenvalue weighted by molar-refractivity contribution is 6.06. The SMILES string of the molecule is CCc1cc(CN2C(=O)NC(=O)C2(C)CC)n(C)n1. The number of carbonyl (C=O) groups is 2. The Morgan fingerprint density at radius 3 is 2.58 bits per heavy atom. The van der Waals surface area contributed by atoms with Gasteiger partial charge in [-0.3, -0.25) is 14.8 Å². The third-order valence-corrected chi connectivity index (χ3v) is 3.95. The standard InChI is InChI=1S/C13H20N4O2/c1-5-9-7-10(16(4)15-9)8-17-12(19)14-11(18)13(17,3)6-2/h7H,5-6,8H2,1-4H3,(H,14,18,19). The van der Waals surface area contributed by atoms with Gasteiger partial charge in [0.05, 0.1) is 17.9 Å². The van der Waals surface area contributed by atoms with Crippen LogP contribution in [0.25, 0.3) is 0 Å². The maximum atomic E-state index is 11.9. The van der Waals surface area contributed by atoms with Gasteiger partial charge in [0.2, 0.25) is 0 Å². The number of amides is 3. The number of hydrogen-bond donors (Lipinski definition) is 1. The molecule has 19 heavy (non-hydrogen) atoms. The molecule has 0 aliphatic carbocycles. The Labute approximate surface area is 112 Å². The smallest absolute Gasteiger partial charge is 0.304 e. The van der Waals surface area contributed by atoms with E-state index in [-0.39, 0.29) is 11.9 Å². The van der Waals surface area contributed by atoms with Gasteiger partial charge in [-0.05, 0) is 25.8 Å². The van der Waals surface area contributed by atoms with Crippen molar-refractivity contribution in [3.05, 3.63) is 17.5 Å². The third kappa shape index (κ3) is 2.11. The lowest BCUT2D eigenvalue weighted by Gasteiger charge is -2.30. The van der Waals surface area contributed by atoms with Gasteiger partial charge in [0, 0.05) is 7.05 Å². The number of nitrogens with zero attached hydrogens (tertiary/aromatic N) is 3. The summed E-state index contributed by atoms with van der Waals surface area (Å²) in [6, 6.07) is 1.65. The van der Waals surface area contributed by atoms with Gasteiger partial charge in [-0.25, -0.2) is 4.79 Å². The minimum atomic E-state index is -0.770. The van der Waals surface area contributed by atoms with E-state index in [0.717, 1.165) is 17.8 Å². The van der Waals surface area contributed by atoms with Crippen LogP contribution in [0.5, 0.6) is 0 Å². The average Bonchev–Trinajstić information content (AvgIpc) is 2.84. The van der Waals surface area contributed by atoms with E-state index in [1.807, 2.05) is 27.0 Å². The molecule has 104 valence electrons. The molecule has 6 nitrogen and oxygen atoms in total. The maximum absolute atomic E-state index is 11.9. The second kappa shape index (κ2) is 4.68. The van der Waals surface area contributed by atoms with Crippen molar-refractivity contribution in [2.75, 3.05) is 0 Å². The van der Waals surface area contributed by atoms with Crippen LogP contribution in [0.2, 0.25) is 0 Å². The average molecular weight is 264 g/mol. The molecule has 1 saturated heterocycles. The highest BCUT2D eigenvalue weighted by atomic mass is 16.2. The lowest BCUT2D eigenvalue weighted by molar-refractivity contribution is -0.126. The molecule has 1 aromatic rings. The molecule has 0 aromatic carbocycles. The summed E-state index contributed by atoms with van der Waals surface area (Å²) in [4.78, 5) is 25.4. The highest BCUT2D eigenvalue weighted by Crippen LogP contribution is 2.27. The lowest BCUT2D eigenvalue weighted by Crippen LogP contribution is -2.46. The largest absolute Gasteiger partial charge is 0.325 e. The molecule has 0 bridgehead atoms. The number of aromatic nitrogens is 2. The third-order valence-electron chi connectivity index (χ3n) is 3.95. The summed E-state index contributed by atoms with van der Waals surface area (Å²) in [5, 5.41) is 6.75. The highest BCUT2D eigenvalue weighted by Gasteiger charge is 2.47. The fourth-order valence-corrected chi connectivity index (χ4v) is 2.30. The molecule has 1 fully saturated rings. The summed E-state index contributed by atoms with van der Waals surface area (Å²) >= 11 is 0. The minimum absolute atomic E-state index is 0.224. The van der Waals surface area contributed by atoms with Gasteiger partial charge >= 0.3 is 6.03 Å². The first-order valence-corrected chi connectivity index (χ1v) is 6.57. The first kappa shape index (κ1) is 13.6. The van der Waals surface area contributed by atoms with Crippen molar-refractivity contribution >= 4 is 11.9 Å². The summed E-state index contributed by atoms with van der Waals surface area (Å²) in [6.45, 7) is 6.13. The molecule has 6 heteroatoms. The summed E-state index contributed by atoms with van der Waals surface area (Å²) in [6.07, 6.45) is 1.44. The van der Waals surface area contributed by atoms with E-state index in [1.54, 1.807) is 16.5 Å². The fourth-order valence-electron chi connectivity index (χ4n) is 2.30. The number of aryl methyl sites for hydroxylation is 2. The second-order valence-corrected chi connectivity index (χ2v) is 5.08. The Kier molecular flexibility index (Phi) is 3.34. The van der Waals surface area contributed by atoms with Crippen molar-refractivity contribution in [3.8, 4) is 0 Å². The normalized spacial score (nSPS) is 23.1.